The molecule has 1 heterocycles. The van der Waals surface area contributed by atoms with E-state index in [2.05, 4.69) is 27.7 Å². The molecule has 1 aromatic rings. The van der Waals surface area contributed by atoms with Crippen LogP contribution in [0.5, 0.6) is 5.75 Å². The van der Waals surface area contributed by atoms with Crippen molar-refractivity contribution < 1.29 is 19.0 Å². The highest BCUT2D eigenvalue weighted by molar-refractivity contribution is 5.98. The number of hydrogen-bond donors (Lipinski definition) is 0. The Bertz CT molecular complexity index is 716. The maximum atomic E-state index is 13.3. The van der Waals surface area contributed by atoms with Gasteiger partial charge in [-0.25, -0.2) is 0 Å². The number of carbonyl (C=O) groups is 1. The van der Waals surface area contributed by atoms with Gasteiger partial charge < -0.3 is 14.2 Å². The first-order chi connectivity index (χ1) is 18.6. The van der Waals surface area contributed by atoms with Crippen LogP contribution in [0.1, 0.15) is 147 Å². The predicted molar refractivity (Wildman–Crippen MR) is 159 cm³/mol. The lowest BCUT2D eigenvalue weighted by molar-refractivity contribution is -0.225. The third kappa shape index (κ3) is 12.6. The van der Waals surface area contributed by atoms with Gasteiger partial charge in [0.05, 0.1) is 19.3 Å². The van der Waals surface area contributed by atoms with Gasteiger partial charge >= 0.3 is 0 Å². The lowest BCUT2D eigenvalue weighted by atomic mass is 9.84. The van der Waals surface area contributed by atoms with E-state index >= 15 is 0 Å². The van der Waals surface area contributed by atoms with Crippen LogP contribution in [0.2, 0.25) is 0 Å². The molecule has 0 aliphatic carbocycles. The summed E-state index contributed by atoms with van der Waals surface area (Å²) in [7, 11) is 0. The molecule has 4 atom stereocenters. The Labute approximate surface area is 234 Å². The first kappa shape index (κ1) is 32.8. The Morgan fingerprint density at radius 1 is 0.816 bits per heavy atom. The second-order valence-corrected chi connectivity index (χ2v) is 11.6. The van der Waals surface area contributed by atoms with E-state index in [9.17, 15) is 4.79 Å². The van der Waals surface area contributed by atoms with Crippen LogP contribution >= 0.6 is 0 Å². The zero-order valence-corrected chi connectivity index (χ0v) is 25.2. The molecule has 0 bridgehead atoms. The summed E-state index contributed by atoms with van der Waals surface area (Å²) in [5.41, 5.74) is 0.628. The highest BCUT2D eigenvalue weighted by atomic mass is 16.7. The second kappa shape index (κ2) is 20.5. The van der Waals surface area contributed by atoms with E-state index in [1.165, 1.54) is 89.9 Å². The van der Waals surface area contributed by atoms with Crippen molar-refractivity contribution >= 4 is 5.78 Å². The maximum absolute atomic E-state index is 13.3. The summed E-state index contributed by atoms with van der Waals surface area (Å²) in [5.74, 6) is 1.53. The number of ether oxygens (including phenoxy) is 3. The van der Waals surface area contributed by atoms with Crippen LogP contribution in [-0.4, -0.2) is 31.4 Å². The Morgan fingerprint density at radius 2 is 1.39 bits per heavy atom. The molecule has 0 N–H and O–H groups in total. The molecule has 38 heavy (non-hydrogen) atoms. The van der Waals surface area contributed by atoms with Gasteiger partial charge in [0.2, 0.25) is 12.1 Å². The molecule has 4 unspecified atom stereocenters. The van der Waals surface area contributed by atoms with Gasteiger partial charge in [0.25, 0.3) is 0 Å². The number of ketones is 1. The van der Waals surface area contributed by atoms with E-state index in [0.717, 1.165) is 25.0 Å². The summed E-state index contributed by atoms with van der Waals surface area (Å²) in [6, 6.07) is 7.41. The van der Waals surface area contributed by atoms with E-state index in [1.807, 2.05) is 24.3 Å². The molecule has 4 nitrogen and oxygen atoms in total. The Kier molecular flexibility index (Phi) is 17.7. The van der Waals surface area contributed by atoms with Crippen LogP contribution < -0.4 is 4.74 Å². The number of Topliss-reactive ketones (excluding diaryl/α,β-unsaturated/α-hetero) is 1. The van der Waals surface area contributed by atoms with Crippen LogP contribution in [0.4, 0.5) is 0 Å². The van der Waals surface area contributed by atoms with Gasteiger partial charge in [0, 0.05) is 11.5 Å². The molecule has 0 amide bonds. The van der Waals surface area contributed by atoms with Gasteiger partial charge in [-0.05, 0) is 49.4 Å². The molecular formula is C34H58O4. The smallest absolute Gasteiger partial charge is 0.222 e. The molecule has 2 rings (SSSR count). The molecule has 0 spiro atoms. The van der Waals surface area contributed by atoms with Crippen molar-refractivity contribution in [2.24, 2.45) is 11.8 Å². The fourth-order valence-electron chi connectivity index (χ4n) is 5.61. The minimum Gasteiger partial charge on any atom is -0.494 e. The summed E-state index contributed by atoms with van der Waals surface area (Å²) < 4.78 is 18.2. The largest absolute Gasteiger partial charge is 0.494 e. The maximum Gasteiger partial charge on any atom is 0.222 e. The monoisotopic (exact) mass is 530 g/mol. The van der Waals surface area contributed by atoms with Crippen LogP contribution in [0.15, 0.2) is 24.3 Å². The highest BCUT2D eigenvalue weighted by Gasteiger charge is 2.38. The number of carbonyl (C=O) groups excluding carboxylic acids is 1. The molecule has 1 aliphatic rings. The van der Waals surface area contributed by atoms with E-state index in [-0.39, 0.29) is 11.9 Å². The fourth-order valence-corrected chi connectivity index (χ4v) is 5.61. The Hall–Kier alpha value is -1.39. The Morgan fingerprint density at radius 3 is 2.00 bits per heavy atom. The van der Waals surface area contributed by atoms with E-state index in [0.29, 0.717) is 30.6 Å². The Balaban J connectivity index is 1.90. The SMILES string of the molecule is CCCCCCCCCC(C)C1OC(C(=O)c2ccc(OCCC)cc2)OCC1CCCCCCCCC. The molecular weight excluding hydrogens is 472 g/mol. The van der Waals surface area contributed by atoms with Crippen LogP contribution in [0.3, 0.4) is 0 Å². The zero-order chi connectivity index (χ0) is 27.4. The molecule has 0 aromatic heterocycles. The van der Waals surface area contributed by atoms with Gasteiger partial charge in [-0.1, -0.05) is 118 Å². The van der Waals surface area contributed by atoms with E-state index in [1.54, 1.807) is 0 Å². The summed E-state index contributed by atoms with van der Waals surface area (Å²) in [4.78, 5) is 13.3. The molecule has 1 fully saturated rings. The van der Waals surface area contributed by atoms with Gasteiger partial charge in [0.1, 0.15) is 5.75 Å². The number of benzene rings is 1. The van der Waals surface area contributed by atoms with Crippen molar-refractivity contribution in [3.8, 4) is 5.75 Å². The molecule has 1 aromatic carbocycles. The highest BCUT2D eigenvalue weighted by Crippen LogP contribution is 2.33. The quantitative estimate of drug-likeness (QED) is 0.110. The third-order valence-electron chi connectivity index (χ3n) is 8.04. The molecule has 0 saturated carbocycles. The van der Waals surface area contributed by atoms with E-state index < -0.39 is 6.29 Å². The molecule has 4 heteroatoms. The van der Waals surface area contributed by atoms with Crippen molar-refractivity contribution in [2.75, 3.05) is 13.2 Å². The lowest BCUT2D eigenvalue weighted by Crippen LogP contribution is -2.46. The van der Waals surface area contributed by atoms with Crippen LogP contribution in [0, 0.1) is 11.8 Å². The lowest BCUT2D eigenvalue weighted by Gasteiger charge is -2.39. The number of rotatable bonds is 22. The number of unbranched alkanes of at least 4 members (excludes halogenated alkanes) is 12. The van der Waals surface area contributed by atoms with Gasteiger partial charge in [-0.2, -0.15) is 0 Å². The van der Waals surface area contributed by atoms with Gasteiger partial charge in [-0.15, -0.1) is 0 Å². The topological polar surface area (TPSA) is 44.8 Å². The standard InChI is InChI=1S/C34H58O4/c1-5-8-10-12-14-16-18-20-28(4)33-30(21-19-17-15-13-11-9-6-2)27-37-34(38-33)32(35)29-22-24-31(25-23-29)36-26-7-3/h22-25,28,30,33-34H,5-21,26-27H2,1-4H3. The number of hydrogen-bond acceptors (Lipinski definition) is 4. The van der Waals surface area contributed by atoms with Crippen molar-refractivity contribution in [3.05, 3.63) is 29.8 Å². The van der Waals surface area contributed by atoms with Crippen LogP contribution in [-0.2, 0) is 9.47 Å². The fraction of sp³-hybridized carbons (Fsp3) is 0.794. The average Bonchev–Trinajstić information content (AvgIpc) is 2.95. The molecule has 1 aliphatic heterocycles. The van der Waals surface area contributed by atoms with Crippen LogP contribution in [0.25, 0.3) is 0 Å². The molecule has 1 saturated heterocycles. The van der Waals surface area contributed by atoms with Crippen molar-refractivity contribution in [2.45, 2.75) is 149 Å². The summed E-state index contributed by atoms with van der Waals surface area (Å²) in [5, 5.41) is 0. The summed E-state index contributed by atoms with van der Waals surface area (Å²) in [6.45, 7) is 10.3. The first-order valence-corrected chi connectivity index (χ1v) is 16.1. The van der Waals surface area contributed by atoms with Gasteiger partial charge in [0.15, 0.2) is 0 Å². The molecule has 0 radical (unpaired) electrons. The normalized spacial score (nSPS) is 20.4. The van der Waals surface area contributed by atoms with Crippen molar-refractivity contribution in [3.63, 3.8) is 0 Å². The van der Waals surface area contributed by atoms with Gasteiger partial charge in [-0.3, -0.25) is 4.79 Å². The van der Waals surface area contributed by atoms with E-state index in [4.69, 9.17) is 14.2 Å². The predicted octanol–water partition coefficient (Wildman–Crippen LogP) is 9.93. The second-order valence-electron chi connectivity index (χ2n) is 11.6. The van der Waals surface area contributed by atoms with Crippen molar-refractivity contribution in [1.29, 1.82) is 0 Å². The average molecular weight is 531 g/mol. The third-order valence-corrected chi connectivity index (χ3v) is 8.04. The first-order valence-electron chi connectivity index (χ1n) is 16.1. The molecule has 218 valence electrons. The van der Waals surface area contributed by atoms with Crippen molar-refractivity contribution in [1.82, 2.24) is 0 Å². The minimum absolute atomic E-state index is 0.0745. The summed E-state index contributed by atoms with van der Waals surface area (Å²) in [6.07, 6.45) is 21.0. The summed E-state index contributed by atoms with van der Waals surface area (Å²) >= 11 is 0. The minimum atomic E-state index is -0.802. The zero-order valence-electron chi connectivity index (χ0n) is 25.2.